The molecule has 0 aliphatic carbocycles. The fraction of sp³-hybridized carbons (Fsp3) is 0.129. The Morgan fingerprint density at radius 1 is 0.556 bits per heavy atom. The van der Waals surface area contributed by atoms with Crippen LogP contribution < -0.4 is 5.19 Å². The van der Waals surface area contributed by atoms with Crippen molar-refractivity contribution >= 4 is 24.2 Å². The molecule has 0 aliphatic heterocycles. The van der Waals surface area contributed by atoms with Gasteiger partial charge in [-0.15, -0.1) is 0 Å². The van der Waals surface area contributed by atoms with Crippen molar-refractivity contribution in [3.63, 3.8) is 0 Å². The summed E-state index contributed by atoms with van der Waals surface area (Å²) in [4.78, 5) is 4.71. The van der Waals surface area contributed by atoms with E-state index in [0.29, 0.717) is 0 Å². The SMILES string of the molecule is C[Si](C)(C)c1ccc(-c2ccc3cc(-c4ccc(-c5ccc(C(F)(F)F)cc5)cc4)cnc3c2)cc1. The van der Waals surface area contributed by atoms with Crippen LogP contribution in [0.3, 0.4) is 0 Å². The first kappa shape index (κ1) is 24.0. The number of alkyl halides is 3. The summed E-state index contributed by atoms with van der Waals surface area (Å²) in [6.07, 6.45) is -2.46. The van der Waals surface area contributed by atoms with E-state index in [0.717, 1.165) is 50.9 Å². The van der Waals surface area contributed by atoms with Crippen LogP contribution in [0.2, 0.25) is 19.6 Å². The maximum atomic E-state index is 12.8. The molecule has 0 radical (unpaired) electrons. The standard InChI is InChI=1S/C31H26F3NSi/c1-36(2,3)29-16-12-23(13-17-29)25-8-9-26-18-27(20-35-30(26)19-25)24-6-4-21(5-7-24)22-10-14-28(15-11-22)31(32,33)34/h4-20H,1-3H3. The lowest BCUT2D eigenvalue weighted by Crippen LogP contribution is -2.37. The van der Waals surface area contributed by atoms with Crippen molar-refractivity contribution in [2.24, 2.45) is 0 Å². The van der Waals surface area contributed by atoms with E-state index in [1.807, 2.05) is 30.5 Å². The molecule has 5 aromatic rings. The number of rotatable bonds is 4. The predicted octanol–water partition coefficient (Wildman–Crippen LogP) is 8.80. The number of nitrogens with zero attached hydrogens (tertiary/aromatic N) is 1. The topological polar surface area (TPSA) is 12.9 Å². The van der Waals surface area contributed by atoms with Crippen LogP contribution in [0, 0.1) is 0 Å². The number of fused-ring (bicyclic) bond motifs is 1. The Labute approximate surface area is 210 Å². The van der Waals surface area contributed by atoms with E-state index in [4.69, 9.17) is 4.98 Å². The smallest absolute Gasteiger partial charge is 0.256 e. The number of halogens is 3. The van der Waals surface area contributed by atoms with Gasteiger partial charge in [-0.1, -0.05) is 97.6 Å². The third kappa shape index (κ3) is 4.98. The van der Waals surface area contributed by atoms with Gasteiger partial charge < -0.3 is 0 Å². The minimum absolute atomic E-state index is 0.642. The molecule has 5 heteroatoms. The Kier molecular flexibility index (Phi) is 6.05. The van der Waals surface area contributed by atoms with Gasteiger partial charge in [-0.2, -0.15) is 13.2 Å². The molecule has 180 valence electrons. The van der Waals surface area contributed by atoms with Crippen LogP contribution in [0.5, 0.6) is 0 Å². The summed E-state index contributed by atoms with van der Waals surface area (Å²) < 4.78 is 38.5. The molecule has 0 aliphatic rings. The second-order valence-electron chi connectivity index (χ2n) is 10.1. The van der Waals surface area contributed by atoms with Gasteiger partial charge in [-0.05, 0) is 52.1 Å². The van der Waals surface area contributed by atoms with E-state index in [-0.39, 0.29) is 0 Å². The van der Waals surface area contributed by atoms with E-state index < -0.39 is 19.8 Å². The fourth-order valence-corrected chi connectivity index (χ4v) is 5.49. The molecule has 5 rings (SSSR count). The molecule has 0 unspecified atom stereocenters. The third-order valence-corrected chi connectivity index (χ3v) is 8.60. The van der Waals surface area contributed by atoms with Crippen LogP contribution in [-0.4, -0.2) is 13.1 Å². The van der Waals surface area contributed by atoms with E-state index in [1.54, 1.807) is 0 Å². The van der Waals surface area contributed by atoms with Crippen molar-refractivity contribution in [1.29, 1.82) is 0 Å². The maximum absolute atomic E-state index is 12.8. The Morgan fingerprint density at radius 2 is 1.03 bits per heavy atom. The Morgan fingerprint density at radius 3 is 1.58 bits per heavy atom. The van der Waals surface area contributed by atoms with E-state index in [2.05, 4.69) is 68.2 Å². The molecule has 0 fully saturated rings. The monoisotopic (exact) mass is 497 g/mol. The van der Waals surface area contributed by atoms with Gasteiger partial charge >= 0.3 is 6.18 Å². The second kappa shape index (κ2) is 9.06. The van der Waals surface area contributed by atoms with Crippen molar-refractivity contribution < 1.29 is 13.2 Å². The van der Waals surface area contributed by atoms with Crippen LogP contribution in [0.15, 0.2) is 103 Å². The van der Waals surface area contributed by atoms with Crippen LogP contribution in [-0.2, 0) is 6.18 Å². The third-order valence-electron chi connectivity index (χ3n) is 6.53. The van der Waals surface area contributed by atoms with E-state index >= 15 is 0 Å². The highest BCUT2D eigenvalue weighted by molar-refractivity contribution is 6.88. The van der Waals surface area contributed by atoms with E-state index in [1.165, 1.54) is 22.9 Å². The van der Waals surface area contributed by atoms with Gasteiger partial charge in [-0.25, -0.2) is 0 Å². The van der Waals surface area contributed by atoms with Crippen molar-refractivity contribution in [2.45, 2.75) is 25.8 Å². The highest BCUT2D eigenvalue weighted by Gasteiger charge is 2.29. The summed E-state index contributed by atoms with van der Waals surface area (Å²) in [7, 11) is -1.32. The zero-order valence-corrected chi connectivity index (χ0v) is 21.4. The van der Waals surface area contributed by atoms with Gasteiger partial charge in [0.1, 0.15) is 0 Å². The zero-order valence-electron chi connectivity index (χ0n) is 20.4. The van der Waals surface area contributed by atoms with Gasteiger partial charge in [0.15, 0.2) is 0 Å². The molecule has 1 nitrogen and oxygen atoms in total. The molecule has 0 saturated heterocycles. The van der Waals surface area contributed by atoms with Crippen molar-refractivity contribution in [3.05, 3.63) is 109 Å². The minimum Gasteiger partial charge on any atom is -0.256 e. The average molecular weight is 498 g/mol. The van der Waals surface area contributed by atoms with E-state index in [9.17, 15) is 13.2 Å². The Balaban J connectivity index is 1.38. The second-order valence-corrected chi connectivity index (χ2v) is 15.2. The van der Waals surface area contributed by atoms with Gasteiger partial charge in [0, 0.05) is 17.1 Å². The molecule has 0 N–H and O–H groups in total. The molecular weight excluding hydrogens is 471 g/mol. The summed E-state index contributed by atoms with van der Waals surface area (Å²) in [5.41, 5.74) is 6.24. The van der Waals surface area contributed by atoms with Crippen molar-refractivity contribution in [3.8, 4) is 33.4 Å². The number of hydrogen-bond donors (Lipinski definition) is 0. The normalized spacial score (nSPS) is 12.2. The Hall–Kier alpha value is -3.70. The lowest BCUT2D eigenvalue weighted by Gasteiger charge is -2.16. The van der Waals surface area contributed by atoms with Crippen LogP contribution >= 0.6 is 0 Å². The van der Waals surface area contributed by atoms with Gasteiger partial charge in [0.25, 0.3) is 0 Å². The summed E-state index contributed by atoms with van der Waals surface area (Å²) >= 11 is 0. The van der Waals surface area contributed by atoms with Gasteiger partial charge in [-0.3, -0.25) is 4.98 Å². The fourth-order valence-electron chi connectivity index (χ4n) is 4.33. The molecule has 0 atom stereocenters. The first-order chi connectivity index (χ1) is 17.1. The number of benzene rings is 4. The molecule has 0 bridgehead atoms. The summed E-state index contributed by atoms with van der Waals surface area (Å²) in [6.45, 7) is 7.05. The van der Waals surface area contributed by atoms with Crippen LogP contribution in [0.25, 0.3) is 44.3 Å². The first-order valence-corrected chi connectivity index (χ1v) is 15.4. The van der Waals surface area contributed by atoms with Gasteiger partial charge in [0.05, 0.1) is 19.2 Å². The molecule has 0 spiro atoms. The summed E-state index contributed by atoms with van der Waals surface area (Å²) in [5, 5.41) is 2.50. The molecular formula is C31H26F3NSi. The minimum atomic E-state index is -4.33. The zero-order chi connectivity index (χ0) is 25.5. The predicted molar refractivity (Wildman–Crippen MR) is 146 cm³/mol. The van der Waals surface area contributed by atoms with Crippen LogP contribution in [0.4, 0.5) is 13.2 Å². The maximum Gasteiger partial charge on any atom is 0.416 e. The number of pyridine rings is 1. The lowest BCUT2D eigenvalue weighted by molar-refractivity contribution is -0.137. The highest BCUT2D eigenvalue weighted by atomic mass is 28.3. The van der Waals surface area contributed by atoms with Crippen molar-refractivity contribution in [1.82, 2.24) is 4.98 Å². The summed E-state index contributed by atoms with van der Waals surface area (Å²) in [5.74, 6) is 0. The molecule has 0 amide bonds. The van der Waals surface area contributed by atoms with Crippen LogP contribution in [0.1, 0.15) is 5.56 Å². The largest absolute Gasteiger partial charge is 0.416 e. The number of aromatic nitrogens is 1. The average Bonchev–Trinajstić information content (AvgIpc) is 2.87. The lowest BCUT2D eigenvalue weighted by atomic mass is 9.99. The quantitative estimate of drug-likeness (QED) is 0.226. The molecule has 1 aromatic heterocycles. The summed E-state index contributed by atoms with van der Waals surface area (Å²) in [6, 6.07) is 30.4. The Bertz CT molecular complexity index is 1510. The highest BCUT2D eigenvalue weighted by Crippen LogP contribution is 2.32. The first-order valence-electron chi connectivity index (χ1n) is 11.9. The van der Waals surface area contributed by atoms with Crippen molar-refractivity contribution in [2.75, 3.05) is 0 Å². The molecule has 0 saturated carbocycles. The molecule has 1 heterocycles. The molecule has 36 heavy (non-hydrogen) atoms. The molecule has 4 aromatic carbocycles. The number of hydrogen-bond acceptors (Lipinski definition) is 1. The van der Waals surface area contributed by atoms with Gasteiger partial charge in [0.2, 0.25) is 0 Å².